The molecule has 5 N–H and O–H groups in total. The van der Waals surface area contributed by atoms with Crippen molar-refractivity contribution in [3.8, 4) is 0 Å². The lowest BCUT2D eigenvalue weighted by molar-refractivity contribution is -0.132. The first-order valence-electron chi connectivity index (χ1n) is 6.85. The lowest BCUT2D eigenvalue weighted by Gasteiger charge is -2.51. The fourth-order valence-corrected chi connectivity index (χ4v) is 3.15. The van der Waals surface area contributed by atoms with Gasteiger partial charge in [-0.05, 0) is 25.3 Å². The zero-order valence-electron chi connectivity index (χ0n) is 11.9. The third-order valence-corrected chi connectivity index (χ3v) is 4.68. The number of nitrogens with zero attached hydrogens (tertiary/aromatic N) is 1. The monoisotopic (exact) mass is 330 g/mol. The van der Waals surface area contributed by atoms with Crippen molar-refractivity contribution in [2.24, 2.45) is 11.5 Å². The molecule has 5 nitrogen and oxygen atoms in total. The third-order valence-electron chi connectivity index (χ3n) is 3.73. The molecule has 2 rings (SSSR count). The van der Waals surface area contributed by atoms with Gasteiger partial charge in [-0.1, -0.05) is 53.5 Å². The molecular formula is C14H20Cl2N4O. The maximum Gasteiger partial charge on any atom is 0.250 e. The van der Waals surface area contributed by atoms with Gasteiger partial charge >= 0.3 is 0 Å². The van der Waals surface area contributed by atoms with Crippen LogP contribution >= 0.6 is 23.2 Å². The molecule has 1 unspecified atom stereocenters. The van der Waals surface area contributed by atoms with Crippen molar-refractivity contribution in [2.45, 2.75) is 35.8 Å². The third kappa shape index (κ3) is 3.03. The van der Waals surface area contributed by atoms with Crippen LogP contribution in [0, 0.1) is 0 Å². The van der Waals surface area contributed by atoms with Crippen molar-refractivity contribution in [3.05, 3.63) is 35.9 Å². The number of halogens is 2. The molecule has 1 aromatic carbocycles. The molecule has 1 fully saturated rings. The number of hydrazine groups is 1. The van der Waals surface area contributed by atoms with E-state index in [0.29, 0.717) is 13.0 Å². The summed E-state index contributed by atoms with van der Waals surface area (Å²) in [6.07, 6.45) is 1.25. The molecule has 0 spiro atoms. The molecular weight excluding hydrogens is 311 g/mol. The molecule has 1 amide bonds. The number of carbonyl (C=O) groups is 1. The minimum Gasteiger partial charge on any atom is -0.320 e. The Labute approximate surface area is 134 Å². The zero-order valence-corrected chi connectivity index (χ0v) is 13.4. The number of hydrogen-bond acceptors (Lipinski definition) is 4. The van der Waals surface area contributed by atoms with Gasteiger partial charge in [-0.15, -0.1) is 0 Å². The van der Waals surface area contributed by atoms with Gasteiger partial charge < -0.3 is 11.5 Å². The molecule has 0 aliphatic carbocycles. The maximum atomic E-state index is 11.9. The molecule has 2 atom stereocenters. The molecule has 0 bridgehead atoms. The van der Waals surface area contributed by atoms with E-state index in [1.807, 2.05) is 30.3 Å². The van der Waals surface area contributed by atoms with Crippen LogP contribution in [0.2, 0.25) is 0 Å². The van der Waals surface area contributed by atoms with Gasteiger partial charge in [0, 0.05) is 6.54 Å². The van der Waals surface area contributed by atoms with E-state index in [-0.39, 0.29) is 5.91 Å². The molecule has 0 aromatic heterocycles. The quantitative estimate of drug-likeness (QED) is 0.732. The summed E-state index contributed by atoms with van der Waals surface area (Å²) in [5.41, 5.74) is 14.4. The number of rotatable bonds is 3. The zero-order chi connectivity index (χ0) is 15.7. The Bertz CT molecular complexity index is 509. The Morgan fingerprint density at radius 2 is 2.00 bits per heavy atom. The van der Waals surface area contributed by atoms with E-state index >= 15 is 0 Å². The van der Waals surface area contributed by atoms with Crippen LogP contribution in [0.15, 0.2) is 30.3 Å². The molecule has 1 saturated heterocycles. The number of carbonyl (C=O) groups excluding carboxylic acids is 1. The van der Waals surface area contributed by atoms with Crippen molar-refractivity contribution in [3.63, 3.8) is 0 Å². The summed E-state index contributed by atoms with van der Waals surface area (Å²) in [4.78, 5) is 11.9. The number of piperidine rings is 1. The predicted molar refractivity (Wildman–Crippen MR) is 84.5 cm³/mol. The highest BCUT2D eigenvalue weighted by molar-refractivity contribution is 6.49. The topological polar surface area (TPSA) is 84.4 Å². The van der Waals surface area contributed by atoms with E-state index in [1.54, 1.807) is 11.9 Å². The van der Waals surface area contributed by atoms with Crippen LogP contribution in [0.4, 0.5) is 0 Å². The van der Waals surface area contributed by atoms with E-state index in [1.165, 1.54) is 0 Å². The number of alkyl halides is 2. The Balaban J connectivity index is 2.40. The Morgan fingerprint density at radius 1 is 1.38 bits per heavy atom. The maximum absolute atomic E-state index is 11.9. The highest BCUT2D eigenvalue weighted by atomic mass is 35.5. The molecule has 116 valence electrons. The van der Waals surface area contributed by atoms with E-state index in [9.17, 15) is 4.79 Å². The van der Waals surface area contributed by atoms with Gasteiger partial charge in [0.25, 0.3) is 5.91 Å². The van der Waals surface area contributed by atoms with Crippen LogP contribution in [0.1, 0.15) is 25.3 Å². The van der Waals surface area contributed by atoms with Gasteiger partial charge in [-0.25, -0.2) is 0 Å². The SMILES string of the molecule is C[C@H](N)C(=O)NN1CCCC(Cl)(Cl)C1(N)c1ccccc1. The summed E-state index contributed by atoms with van der Waals surface area (Å²) in [5.74, 6) is -0.327. The number of nitrogens with one attached hydrogen (secondary N) is 1. The summed E-state index contributed by atoms with van der Waals surface area (Å²) in [6, 6.07) is 8.63. The van der Waals surface area contributed by atoms with Crippen LogP contribution in [-0.4, -0.2) is 27.8 Å². The molecule has 1 aliphatic rings. The Kier molecular flexibility index (Phi) is 4.80. The van der Waals surface area contributed by atoms with Gasteiger partial charge in [-0.2, -0.15) is 5.01 Å². The first-order chi connectivity index (χ1) is 9.79. The largest absolute Gasteiger partial charge is 0.320 e. The first-order valence-corrected chi connectivity index (χ1v) is 7.60. The van der Waals surface area contributed by atoms with E-state index < -0.39 is 16.0 Å². The van der Waals surface area contributed by atoms with Crippen LogP contribution in [0.5, 0.6) is 0 Å². The van der Waals surface area contributed by atoms with Crippen molar-refractivity contribution < 1.29 is 4.79 Å². The number of hydrogen-bond donors (Lipinski definition) is 3. The Morgan fingerprint density at radius 3 is 2.57 bits per heavy atom. The molecule has 21 heavy (non-hydrogen) atoms. The van der Waals surface area contributed by atoms with Gasteiger partial charge in [0.15, 0.2) is 4.33 Å². The highest BCUT2D eigenvalue weighted by Crippen LogP contribution is 2.47. The van der Waals surface area contributed by atoms with Gasteiger partial charge in [-0.3, -0.25) is 10.2 Å². The van der Waals surface area contributed by atoms with Gasteiger partial charge in [0.2, 0.25) is 0 Å². The van der Waals surface area contributed by atoms with Crippen molar-refractivity contribution in [1.82, 2.24) is 10.4 Å². The van der Waals surface area contributed by atoms with Gasteiger partial charge in [0.05, 0.1) is 6.04 Å². The number of nitrogens with two attached hydrogens (primary N) is 2. The molecule has 7 heteroatoms. The summed E-state index contributed by atoms with van der Waals surface area (Å²) in [5, 5.41) is 1.59. The summed E-state index contributed by atoms with van der Waals surface area (Å²) in [6.45, 7) is 2.15. The smallest absolute Gasteiger partial charge is 0.250 e. The molecule has 0 radical (unpaired) electrons. The van der Waals surface area contributed by atoms with E-state index in [2.05, 4.69) is 5.43 Å². The summed E-state index contributed by atoms with van der Waals surface area (Å²) >= 11 is 13.0. The minimum atomic E-state index is -1.22. The fraction of sp³-hybridized carbons (Fsp3) is 0.500. The molecule has 1 aromatic rings. The molecule has 1 aliphatic heterocycles. The molecule has 1 heterocycles. The number of benzene rings is 1. The van der Waals surface area contributed by atoms with Crippen molar-refractivity contribution >= 4 is 29.1 Å². The standard InChI is InChI=1S/C14H20Cl2N4O/c1-10(17)12(21)19-20-9-5-8-13(15,16)14(20,18)11-6-3-2-4-7-11/h2-4,6-7,10H,5,8-9,17-18H2,1H3,(H,19,21)/t10-,14?/m0/s1. The van der Waals surface area contributed by atoms with Crippen LogP contribution < -0.4 is 16.9 Å². The van der Waals surface area contributed by atoms with Gasteiger partial charge in [0.1, 0.15) is 5.66 Å². The summed E-state index contributed by atoms with van der Waals surface area (Å²) < 4.78 is -1.22. The first kappa shape index (κ1) is 16.5. The van der Waals surface area contributed by atoms with E-state index in [0.717, 1.165) is 12.0 Å². The lowest BCUT2D eigenvalue weighted by atomic mass is 9.89. The average Bonchev–Trinajstić information content (AvgIpc) is 2.44. The Hall–Kier alpha value is -0.850. The van der Waals surface area contributed by atoms with Crippen molar-refractivity contribution in [2.75, 3.05) is 6.54 Å². The van der Waals surface area contributed by atoms with Crippen LogP contribution in [0.3, 0.4) is 0 Å². The predicted octanol–water partition coefficient (Wildman–Crippen LogP) is 1.45. The average molecular weight is 331 g/mol. The number of amides is 1. The van der Waals surface area contributed by atoms with Crippen molar-refractivity contribution in [1.29, 1.82) is 0 Å². The second-order valence-electron chi connectivity index (χ2n) is 5.36. The highest BCUT2D eigenvalue weighted by Gasteiger charge is 2.54. The second-order valence-corrected chi connectivity index (χ2v) is 6.84. The minimum absolute atomic E-state index is 0.327. The lowest BCUT2D eigenvalue weighted by Crippen LogP contribution is -2.71. The van der Waals surface area contributed by atoms with Crippen LogP contribution in [0.25, 0.3) is 0 Å². The molecule has 0 saturated carbocycles. The second kappa shape index (κ2) is 6.10. The normalized spacial score (nSPS) is 27.1. The summed E-state index contributed by atoms with van der Waals surface area (Å²) in [7, 11) is 0. The fourth-order valence-electron chi connectivity index (χ4n) is 2.46. The van der Waals surface area contributed by atoms with E-state index in [4.69, 9.17) is 34.7 Å². The van der Waals surface area contributed by atoms with Crippen LogP contribution in [-0.2, 0) is 10.5 Å².